The van der Waals surface area contributed by atoms with Crippen molar-refractivity contribution in [3.8, 4) is 11.5 Å². The maximum absolute atomic E-state index is 12.9. The van der Waals surface area contributed by atoms with Crippen molar-refractivity contribution < 1.29 is 54.0 Å². The highest BCUT2D eigenvalue weighted by molar-refractivity contribution is 6.35. The Morgan fingerprint density at radius 3 is 2.35 bits per heavy atom. The van der Waals surface area contributed by atoms with Gasteiger partial charge in [0.05, 0.1) is 16.8 Å². The Hall–Kier alpha value is -2.95. The van der Waals surface area contributed by atoms with E-state index in [1.165, 1.54) is 25.1 Å². The van der Waals surface area contributed by atoms with Gasteiger partial charge in [-0.25, -0.2) is 0 Å². The summed E-state index contributed by atoms with van der Waals surface area (Å²) in [6.07, 6.45) is -7.50. The van der Waals surface area contributed by atoms with E-state index in [1.54, 1.807) is 37.3 Å². The van der Waals surface area contributed by atoms with Crippen LogP contribution in [0.3, 0.4) is 0 Å². The summed E-state index contributed by atoms with van der Waals surface area (Å²) in [4.78, 5) is 12.9. The number of hydrogen-bond donors (Lipinski definition) is 7. The minimum Gasteiger partial charge on any atom is -0.488 e. The van der Waals surface area contributed by atoms with Gasteiger partial charge in [-0.05, 0) is 67.5 Å². The van der Waals surface area contributed by atoms with E-state index in [0.29, 0.717) is 26.9 Å². The van der Waals surface area contributed by atoms with Crippen LogP contribution >= 0.6 is 23.2 Å². The SMILES string of the molecule is C/C(=C\c1ccc(O[C@@H]2O[C@H](/C(C)=C/COc3ccc(Cl)cc3Cl)[C@@H](O)[C@@H]2O)c(N)c1)C(=O)N[C@@H]1C(O)C(O)C2OCO[C@H]2[C@@H]1O. The lowest BCUT2D eigenvalue weighted by Crippen LogP contribution is -2.67. The normalized spacial score (nSPS) is 33.1. The second kappa shape index (κ2) is 14.4. The zero-order valence-electron chi connectivity index (χ0n) is 24.8. The predicted molar refractivity (Wildman–Crippen MR) is 166 cm³/mol. The molecule has 1 saturated carbocycles. The molecule has 2 aromatic carbocycles. The van der Waals surface area contributed by atoms with Crippen molar-refractivity contribution in [1.82, 2.24) is 5.32 Å². The number of fused-ring (bicyclic) bond motifs is 1. The quantitative estimate of drug-likeness (QED) is 0.113. The number of aliphatic hydroxyl groups is 5. The number of carbonyl (C=O) groups excluding carboxylic acids is 1. The van der Waals surface area contributed by atoms with E-state index in [9.17, 15) is 30.3 Å². The summed E-state index contributed by atoms with van der Waals surface area (Å²) in [5.41, 5.74) is 7.71. The van der Waals surface area contributed by atoms with Crippen LogP contribution in [0.1, 0.15) is 19.4 Å². The van der Waals surface area contributed by atoms with Crippen molar-refractivity contribution in [2.75, 3.05) is 19.1 Å². The van der Waals surface area contributed by atoms with E-state index in [1.807, 2.05) is 0 Å². The van der Waals surface area contributed by atoms with Crippen molar-refractivity contribution in [3.05, 3.63) is 69.2 Å². The van der Waals surface area contributed by atoms with Crippen molar-refractivity contribution >= 4 is 40.9 Å². The van der Waals surface area contributed by atoms with Crippen LogP contribution in [0.5, 0.6) is 11.5 Å². The number of benzene rings is 2. The number of rotatable bonds is 9. The Kier molecular flexibility index (Phi) is 10.8. The first-order valence-corrected chi connectivity index (χ1v) is 15.2. The molecule has 2 saturated heterocycles. The first-order chi connectivity index (χ1) is 21.8. The van der Waals surface area contributed by atoms with Gasteiger partial charge >= 0.3 is 0 Å². The molecule has 46 heavy (non-hydrogen) atoms. The van der Waals surface area contributed by atoms with Crippen LogP contribution < -0.4 is 20.5 Å². The van der Waals surface area contributed by atoms with Crippen molar-refractivity contribution in [1.29, 1.82) is 0 Å². The van der Waals surface area contributed by atoms with Gasteiger partial charge in [-0.2, -0.15) is 0 Å². The molecule has 0 radical (unpaired) electrons. The molecule has 1 amide bonds. The lowest BCUT2D eigenvalue weighted by molar-refractivity contribution is -0.155. The first-order valence-electron chi connectivity index (χ1n) is 14.4. The number of amides is 1. The third-order valence-corrected chi connectivity index (χ3v) is 8.66. The molecule has 250 valence electrons. The fourth-order valence-corrected chi connectivity index (χ4v) is 5.98. The van der Waals surface area contributed by atoms with Gasteiger partial charge in [0.2, 0.25) is 12.2 Å². The first kappa shape index (κ1) is 34.4. The predicted octanol–water partition coefficient (Wildman–Crippen LogP) is 1.15. The van der Waals surface area contributed by atoms with Gasteiger partial charge in [0.15, 0.2) is 0 Å². The summed E-state index contributed by atoms with van der Waals surface area (Å²) in [6, 6.07) is 8.32. The topological polar surface area (TPSA) is 202 Å². The second-order valence-corrected chi connectivity index (χ2v) is 12.2. The molecule has 3 unspecified atom stereocenters. The average molecular weight is 684 g/mol. The third kappa shape index (κ3) is 7.29. The number of anilines is 1. The number of nitrogens with two attached hydrogens (primary N) is 1. The highest BCUT2D eigenvalue weighted by atomic mass is 35.5. The van der Waals surface area contributed by atoms with Crippen molar-refractivity contribution in [2.24, 2.45) is 0 Å². The molecular weight excluding hydrogens is 647 g/mol. The lowest BCUT2D eigenvalue weighted by atomic mass is 9.83. The summed E-state index contributed by atoms with van der Waals surface area (Å²) < 4.78 is 27.8. The molecule has 2 aromatic rings. The van der Waals surface area contributed by atoms with Crippen LogP contribution in [0, 0.1) is 0 Å². The summed E-state index contributed by atoms with van der Waals surface area (Å²) in [5.74, 6) is 0.0107. The van der Waals surface area contributed by atoms with E-state index in [-0.39, 0.29) is 30.4 Å². The minimum atomic E-state index is -1.48. The molecule has 13 nitrogen and oxygen atoms in total. The van der Waals surface area contributed by atoms with E-state index in [2.05, 4.69) is 5.32 Å². The van der Waals surface area contributed by atoms with E-state index < -0.39 is 67.1 Å². The molecular formula is C31H36Cl2N2O11. The van der Waals surface area contributed by atoms with Gasteiger partial charge in [0, 0.05) is 10.6 Å². The fraction of sp³-hybridized carbons (Fsp3) is 0.452. The van der Waals surface area contributed by atoms with E-state index >= 15 is 0 Å². The smallest absolute Gasteiger partial charge is 0.247 e. The van der Waals surface area contributed by atoms with Gasteiger partial charge in [-0.1, -0.05) is 29.3 Å². The van der Waals surface area contributed by atoms with Gasteiger partial charge in [0.1, 0.15) is 73.7 Å². The summed E-state index contributed by atoms with van der Waals surface area (Å²) >= 11 is 12.0. The van der Waals surface area contributed by atoms with Crippen LogP contribution in [-0.4, -0.2) is 106 Å². The molecule has 2 aliphatic heterocycles. The number of ether oxygens (including phenoxy) is 5. The van der Waals surface area contributed by atoms with Gasteiger partial charge in [0.25, 0.3) is 0 Å². The number of hydrogen-bond acceptors (Lipinski definition) is 12. The molecule has 2 heterocycles. The van der Waals surface area contributed by atoms with E-state index in [0.717, 1.165) is 0 Å². The minimum absolute atomic E-state index is 0.120. The molecule has 15 heteroatoms. The summed E-state index contributed by atoms with van der Waals surface area (Å²) in [6.45, 7) is 3.23. The largest absolute Gasteiger partial charge is 0.488 e. The molecule has 8 N–H and O–H groups in total. The Morgan fingerprint density at radius 1 is 0.957 bits per heavy atom. The van der Waals surface area contributed by atoms with Crippen LogP contribution in [0.25, 0.3) is 6.08 Å². The zero-order valence-corrected chi connectivity index (χ0v) is 26.3. The molecule has 10 atom stereocenters. The summed E-state index contributed by atoms with van der Waals surface area (Å²) in [5, 5.41) is 56.0. The third-order valence-electron chi connectivity index (χ3n) is 8.13. The summed E-state index contributed by atoms with van der Waals surface area (Å²) in [7, 11) is 0. The second-order valence-electron chi connectivity index (χ2n) is 11.3. The molecule has 5 rings (SSSR count). The van der Waals surface area contributed by atoms with E-state index in [4.69, 9.17) is 52.6 Å². The highest BCUT2D eigenvalue weighted by Gasteiger charge is 2.53. The Balaban J connectivity index is 1.18. The van der Waals surface area contributed by atoms with Crippen molar-refractivity contribution in [3.63, 3.8) is 0 Å². The van der Waals surface area contributed by atoms with Crippen LogP contribution in [0.15, 0.2) is 53.6 Å². The molecule has 0 spiro atoms. The van der Waals surface area contributed by atoms with Crippen molar-refractivity contribution in [2.45, 2.75) is 75.0 Å². The zero-order chi connectivity index (χ0) is 33.3. The Labute approximate surface area is 274 Å². The standard InChI is InChI=1S/C31H36Cl2N2O11/c1-13(7-8-42-19-6-4-16(32)11-17(19)33)27-25(39)26(40)31(46-27)45-20-5-3-15(10-18(20)34)9-14(2)30(41)35-21-22(36)24(38)29-28(23(21)37)43-12-44-29/h3-7,9-11,21-29,31,36-40H,8,12,34H2,1-2H3,(H,35,41)/b13-7+,14-9+/t21-,22?,23-,24?,25+,26+,27-,28+,29?,31-/m1/s1. The Bertz CT molecular complexity index is 1490. The molecule has 0 bridgehead atoms. The maximum atomic E-state index is 12.9. The molecule has 3 fully saturated rings. The molecule has 1 aliphatic carbocycles. The van der Waals surface area contributed by atoms with Gasteiger partial charge in [-0.3, -0.25) is 4.79 Å². The molecule has 0 aromatic heterocycles. The Morgan fingerprint density at radius 2 is 1.65 bits per heavy atom. The van der Waals surface area contributed by atoms with Crippen LogP contribution in [0.2, 0.25) is 10.0 Å². The number of aliphatic hydroxyl groups excluding tert-OH is 5. The number of nitrogen functional groups attached to an aromatic ring is 1. The monoisotopic (exact) mass is 682 g/mol. The fourth-order valence-electron chi connectivity index (χ4n) is 5.52. The van der Waals surface area contributed by atoms with Crippen LogP contribution in [-0.2, 0) is 19.0 Å². The van der Waals surface area contributed by atoms with Crippen LogP contribution in [0.4, 0.5) is 5.69 Å². The average Bonchev–Trinajstić information content (AvgIpc) is 3.62. The lowest BCUT2D eigenvalue weighted by Gasteiger charge is -2.41. The number of nitrogens with one attached hydrogen (secondary N) is 1. The highest BCUT2D eigenvalue weighted by Crippen LogP contribution is 2.33. The van der Waals surface area contributed by atoms with Gasteiger partial charge < -0.3 is 60.3 Å². The van der Waals surface area contributed by atoms with Gasteiger partial charge in [-0.15, -0.1) is 0 Å². The number of halogens is 2. The molecule has 3 aliphatic rings. The number of carbonyl (C=O) groups is 1. The maximum Gasteiger partial charge on any atom is 0.247 e.